The molecular formula is C22H23NO2S. The van der Waals surface area contributed by atoms with Gasteiger partial charge in [0, 0.05) is 33.8 Å². The van der Waals surface area contributed by atoms with Crippen molar-refractivity contribution in [2.75, 3.05) is 5.75 Å². The molecule has 0 unspecified atom stereocenters. The van der Waals surface area contributed by atoms with Gasteiger partial charge in [0.25, 0.3) is 0 Å². The molecule has 0 bridgehead atoms. The standard InChI is InChI=1S/C22H23NO2S/c1-22(2,3)25-21(24)20-18(14-9-5-4-6-10-14)16-13-26-17-12-8-7-11-15(17)19(16)23-20/h4-12,16,18,20H,13H2,1-3H3/t16-,18-,20-/m1/s1. The lowest BCUT2D eigenvalue weighted by molar-refractivity contribution is -0.156. The molecule has 2 aromatic rings. The number of esters is 1. The predicted molar refractivity (Wildman–Crippen MR) is 106 cm³/mol. The van der Waals surface area contributed by atoms with Crippen LogP contribution in [0.4, 0.5) is 0 Å². The number of carbonyl (C=O) groups excluding carboxylic acids is 1. The van der Waals surface area contributed by atoms with Gasteiger partial charge in [0.2, 0.25) is 0 Å². The summed E-state index contributed by atoms with van der Waals surface area (Å²) in [4.78, 5) is 19.1. The highest BCUT2D eigenvalue weighted by Gasteiger charge is 2.47. The molecule has 0 saturated carbocycles. The molecule has 0 N–H and O–H groups in total. The van der Waals surface area contributed by atoms with Crippen LogP contribution in [0.2, 0.25) is 0 Å². The van der Waals surface area contributed by atoms with Crippen molar-refractivity contribution < 1.29 is 9.53 Å². The summed E-state index contributed by atoms with van der Waals surface area (Å²) < 4.78 is 5.71. The number of benzene rings is 2. The average molecular weight is 365 g/mol. The van der Waals surface area contributed by atoms with E-state index >= 15 is 0 Å². The molecule has 2 heterocycles. The quantitative estimate of drug-likeness (QED) is 0.724. The fraction of sp³-hybridized carbons (Fsp3) is 0.364. The lowest BCUT2D eigenvalue weighted by Gasteiger charge is -2.29. The fourth-order valence-corrected chi connectivity index (χ4v) is 5.03. The van der Waals surface area contributed by atoms with Crippen molar-refractivity contribution in [1.82, 2.24) is 0 Å². The molecule has 3 nitrogen and oxygen atoms in total. The van der Waals surface area contributed by atoms with Gasteiger partial charge in [-0.1, -0.05) is 48.5 Å². The van der Waals surface area contributed by atoms with Gasteiger partial charge in [0.15, 0.2) is 6.04 Å². The number of hydrogen-bond acceptors (Lipinski definition) is 4. The van der Waals surface area contributed by atoms with Crippen LogP contribution in [0.25, 0.3) is 0 Å². The lowest BCUT2D eigenvalue weighted by Crippen LogP contribution is -2.35. The van der Waals surface area contributed by atoms with Crippen LogP contribution in [0.3, 0.4) is 0 Å². The van der Waals surface area contributed by atoms with E-state index in [9.17, 15) is 4.79 Å². The van der Waals surface area contributed by atoms with Crippen molar-refractivity contribution >= 4 is 23.4 Å². The SMILES string of the molecule is CC(C)(C)OC(=O)[C@@H]1N=C2c3ccccc3SC[C@@H]2[C@H]1c1ccccc1. The summed E-state index contributed by atoms with van der Waals surface area (Å²) in [6, 6.07) is 18.1. The molecule has 4 rings (SSSR count). The van der Waals surface area contributed by atoms with Gasteiger partial charge < -0.3 is 4.74 Å². The number of hydrogen-bond donors (Lipinski definition) is 0. The largest absolute Gasteiger partial charge is 0.458 e. The number of aliphatic imine (C=N–C) groups is 1. The van der Waals surface area contributed by atoms with Gasteiger partial charge in [-0.25, -0.2) is 4.79 Å². The van der Waals surface area contributed by atoms with E-state index in [-0.39, 0.29) is 17.8 Å². The maximum absolute atomic E-state index is 13.0. The minimum Gasteiger partial charge on any atom is -0.458 e. The van der Waals surface area contributed by atoms with Gasteiger partial charge in [-0.05, 0) is 32.4 Å². The summed E-state index contributed by atoms with van der Waals surface area (Å²) in [5, 5.41) is 0. The lowest BCUT2D eigenvalue weighted by atomic mass is 9.80. The van der Waals surface area contributed by atoms with Crippen LogP contribution in [0.15, 0.2) is 64.5 Å². The van der Waals surface area contributed by atoms with Crippen LogP contribution >= 0.6 is 11.8 Å². The number of carbonyl (C=O) groups is 1. The molecule has 0 spiro atoms. The van der Waals surface area contributed by atoms with E-state index in [1.54, 1.807) is 0 Å². The number of nitrogens with zero attached hydrogens (tertiary/aromatic N) is 1. The Hall–Kier alpha value is -2.07. The van der Waals surface area contributed by atoms with Crippen molar-refractivity contribution in [2.45, 2.75) is 43.2 Å². The third kappa shape index (κ3) is 3.18. The normalized spacial score (nSPS) is 24.4. The van der Waals surface area contributed by atoms with Gasteiger partial charge in [0.1, 0.15) is 5.60 Å². The Morgan fingerprint density at radius 1 is 1.08 bits per heavy atom. The first-order valence-corrected chi connectivity index (χ1v) is 10.0. The van der Waals surface area contributed by atoms with Crippen molar-refractivity contribution in [1.29, 1.82) is 0 Å². The summed E-state index contributed by atoms with van der Waals surface area (Å²) in [5.74, 6) is 0.974. The van der Waals surface area contributed by atoms with Crippen LogP contribution in [-0.4, -0.2) is 29.1 Å². The Bertz CT molecular complexity index is 854. The molecule has 0 saturated heterocycles. The fourth-order valence-electron chi connectivity index (χ4n) is 3.80. The molecular weight excluding hydrogens is 342 g/mol. The van der Waals surface area contributed by atoms with Gasteiger partial charge in [-0.15, -0.1) is 11.8 Å². The van der Waals surface area contributed by atoms with Crippen LogP contribution in [0.5, 0.6) is 0 Å². The van der Waals surface area contributed by atoms with Gasteiger partial charge in [-0.3, -0.25) is 4.99 Å². The zero-order valence-corrected chi connectivity index (χ0v) is 16.1. The third-order valence-electron chi connectivity index (χ3n) is 4.82. The highest BCUT2D eigenvalue weighted by molar-refractivity contribution is 7.99. The third-order valence-corrected chi connectivity index (χ3v) is 6.01. The summed E-state index contributed by atoms with van der Waals surface area (Å²) in [7, 11) is 0. The second-order valence-corrected chi connectivity index (χ2v) is 8.90. The van der Waals surface area contributed by atoms with Crippen molar-refractivity contribution in [2.24, 2.45) is 10.9 Å². The summed E-state index contributed by atoms with van der Waals surface area (Å²) >= 11 is 1.86. The molecule has 3 atom stereocenters. The van der Waals surface area contributed by atoms with E-state index in [2.05, 4.69) is 30.3 Å². The molecule has 2 aliphatic heterocycles. The number of fused-ring (bicyclic) bond motifs is 3. The first-order chi connectivity index (χ1) is 12.4. The van der Waals surface area contributed by atoms with Crippen molar-refractivity contribution in [3.63, 3.8) is 0 Å². The monoisotopic (exact) mass is 365 g/mol. The molecule has 134 valence electrons. The highest BCUT2D eigenvalue weighted by atomic mass is 32.2. The summed E-state index contributed by atoms with van der Waals surface area (Å²) in [5.41, 5.74) is 2.87. The summed E-state index contributed by atoms with van der Waals surface area (Å²) in [6.07, 6.45) is 0. The highest BCUT2D eigenvalue weighted by Crippen LogP contribution is 2.46. The van der Waals surface area contributed by atoms with Crippen LogP contribution in [0.1, 0.15) is 37.8 Å². The van der Waals surface area contributed by atoms with E-state index in [4.69, 9.17) is 9.73 Å². The Kier molecular flexibility index (Phi) is 4.39. The predicted octanol–water partition coefficient (Wildman–Crippen LogP) is 4.71. The minimum atomic E-state index is -0.515. The molecule has 0 amide bonds. The summed E-state index contributed by atoms with van der Waals surface area (Å²) in [6.45, 7) is 5.72. The Morgan fingerprint density at radius 3 is 2.50 bits per heavy atom. The van der Waals surface area contributed by atoms with Crippen molar-refractivity contribution in [3.8, 4) is 0 Å². The number of rotatable bonds is 2. The molecule has 0 fully saturated rings. The van der Waals surface area contributed by atoms with Crippen molar-refractivity contribution in [3.05, 3.63) is 65.7 Å². The second-order valence-electron chi connectivity index (χ2n) is 7.84. The van der Waals surface area contributed by atoms with E-state index < -0.39 is 11.6 Å². The molecule has 2 aliphatic rings. The van der Waals surface area contributed by atoms with E-state index in [0.29, 0.717) is 0 Å². The Balaban J connectivity index is 1.77. The van der Waals surface area contributed by atoms with Crippen LogP contribution in [0, 0.1) is 5.92 Å². The Labute approximate surface area is 158 Å². The zero-order chi connectivity index (χ0) is 18.3. The Morgan fingerprint density at radius 2 is 1.77 bits per heavy atom. The first-order valence-electron chi connectivity index (χ1n) is 9.02. The smallest absolute Gasteiger partial charge is 0.332 e. The van der Waals surface area contributed by atoms with Crippen LogP contribution in [-0.2, 0) is 9.53 Å². The maximum atomic E-state index is 13.0. The van der Waals surface area contributed by atoms with Crippen LogP contribution < -0.4 is 0 Å². The maximum Gasteiger partial charge on any atom is 0.332 e. The van der Waals surface area contributed by atoms with Gasteiger partial charge >= 0.3 is 5.97 Å². The van der Waals surface area contributed by atoms with Gasteiger partial charge in [0.05, 0.1) is 0 Å². The number of thioether (sulfide) groups is 1. The molecule has 0 aromatic heterocycles. The molecule has 2 aromatic carbocycles. The van der Waals surface area contributed by atoms with E-state index in [1.807, 2.05) is 56.8 Å². The van der Waals surface area contributed by atoms with Gasteiger partial charge in [-0.2, -0.15) is 0 Å². The minimum absolute atomic E-state index is 0.0295. The first kappa shape index (κ1) is 17.3. The molecule has 0 radical (unpaired) electrons. The zero-order valence-electron chi connectivity index (χ0n) is 15.3. The second kappa shape index (κ2) is 6.58. The van der Waals surface area contributed by atoms with E-state index in [1.165, 1.54) is 10.5 Å². The molecule has 4 heteroatoms. The van der Waals surface area contributed by atoms with E-state index in [0.717, 1.165) is 17.0 Å². The topological polar surface area (TPSA) is 38.7 Å². The number of ether oxygens (including phenoxy) is 1. The average Bonchev–Trinajstić information content (AvgIpc) is 3.01. The molecule has 26 heavy (non-hydrogen) atoms. The molecule has 0 aliphatic carbocycles.